The van der Waals surface area contributed by atoms with Crippen LogP contribution >= 0.6 is 0 Å². The van der Waals surface area contributed by atoms with E-state index in [1.54, 1.807) is 18.2 Å². The summed E-state index contributed by atoms with van der Waals surface area (Å²) in [6, 6.07) is 3.83. The van der Waals surface area contributed by atoms with Gasteiger partial charge in [0.25, 0.3) is 0 Å². The van der Waals surface area contributed by atoms with Gasteiger partial charge in [-0.15, -0.1) is 0 Å². The van der Waals surface area contributed by atoms with Crippen molar-refractivity contribution in [3.05, 3.63) is 41.6 Å². The SMILES string of the molecule is [2H]c1c2c3c(cccc3n1C(C)=O)C1=C[C@@H](C(=O)N(C([2H])([2H])C([2H])([2H])[2H])C([2H])([2H])C([2H])([2H])[2H])CN(C([2H])([2H])[2H])[C@@H]1C2. The van der Waals surface area contributed by atoms with Gasteiger partial charge in [0.1, 0.15) is 0 Å². The third-order valence-corrected chi connectivity index (χ3v) is 5.13. The number of fused-ring (bicyclic) bond motifs is 2. The van der Waals surface area contributed by atoms with Gasteiger partial charge in [0.05, 0.1) is 12.8 Å². The Morgan fingerprint density at radius 1 is 1.37 bits per heavy atom. The Bertz CT molecular complexity index is 1420. The number of aromatic nitrogens is 1. The van der Waals surface area contributed by atoms with Gasteiger partial charge in [0, 0.05) is 61.9 Å². The fraction of sp³-hybridized carbons (Fsp3) is 0.455. The highest BCUT2D eigenvalue weighted by Crippen LogP contribution is 2.41. The second kappa shape index (κ2) is 6.64. The molecule has 5 nitrogen and oxygen atoms in total. The van der Waals surface area contributed by atoms with Crippen LogP contribution in [0.4, 0.5) is 0 Å². The molecule has 2 aromatic rings. The highest BCUT2D eigenvalue weighted by atomic mass is 16.2. The predicted octanol–water partition coefficient (Wildman–Crippen LogP) is 3.04. The van der Waals surface area contributed by atoms with E-state index in [0.717, 1.165) is 4.90 Å². The zero-order valence-corrected chi connectivity index (χ0v) is 14.5. The quantitative estimate of drug-likeness (QED) is 0.823. The molecule has 0 spiro atoms. The summed E-state index contributed by atoms with van der Waals surface area (Å²) in [6.07, 6.45) is 1.12. The third kappa shape index (κ3) is 2.72. The van der Waals surface area contributed by atoms with Gasteiger partial charge in [-0.2, -0.15) is 0 Å². The Labute approximate surface area is 179 Å². The van der Waals surface area contributed by atoms with Gasteiger partial charge in [0.2, 0.25) is 11.8 Å². The lowest BCUT2D eigenvalue weighted by atomic mass is 9.79. The molecule has 27 heavy (non-hydrogen) atoms. The van der Waals surface area contributed by atoms with E-state index in [-0.39, 0.29) is 18.2 Å². The highest BCUT2D eigenvalue weighted by molar-refractivity contribution is 6.03. The smallest absolute Gasteiger partial charge is 0.230 e. The molecule has 0 saturated heterocycles. The molecule has 1 aromatic heterocycles. The maximum absolute atomic E-state index is 13.9. The second-order valence-electron chi connectivity index (χ2n) is 6.64. The summed E-state index contributed by atoms with van der Waals surface area (Å²) in [5.74, 6) is -3.68. The second-order valence-corrected chi connectivity index (χ2v) is 6.64. The zero-order chi connectivity index (χ0) is 31.2. The van der Waals surface area contributed by atoms with Crippen LogP contribution in [0.25, 0.3) is 16.5 Å². The first-order valence-corrected chi connectivity index (χ1v) is 8.41. The number of carbonyl (C=O) groups is 2. The Balaban J connectivity index is 1.97. The van der Waals surface area contributed by atoms with Crippen LogP contribution in [-0.4, -0.2) is 58.7 Å². The summed E-state index contributed by atoms with van der Waals surface area (Å²) < 4.78 is 112. The molecule has 5 heteroatoms. The van der Waals surface area contributed by atoms with Crippen molar-refractivity contribution in [2.75, 3.05) is 26.5 Å². The fourth-order valence-corrected chi connectivity index (χ4v) is 3.96. The third-order valence-electron chi connectivity index (χ3n) is 5.13. The van der Waals surface area contributed by atoms with Crippen molar-refractivity contribution in [3.8, 4) is 0 Å². The number of rotatable bonds is 3. The molecule has 1 aromatic carbocycles. The normalized spacial score (nSPS) is 31.8. The van der Waals surface area contributed by atoms with Crippen molar-refractivity contribution in [3.63, 3.8) is 0 Å². The molecular weight excluding hydrogens is 338 g/mol. The number of hydrogen-bond acceptors (Lipinski definition) is 3. The van der Waals surface area contributed by atoms with Crippen LogP contribution < -0.4 is 0 Å². The molecule has 1 amide bonds. The average Bonchev–Trinajstić information content (AvgIpc) is 3.08. The maximum atomic E-state index is 13.9. The van der Waals surface area contributed by atoms with E-state index in [1.807, 2.05) is 0 Å². The largest absolute Gasteiger partial charge is 0.343 e. The molecule has 1 aliphatic carbocycles. The number of nitrogens with zero attached hydrogens (tertiary/aromatic N) is 3. The molecule has 2 aliphatic rings. The minimum Gasteiger partial charge on any atom is -0.343 e. The molecular formula is C22H27N3O2. The molecule has 0 N–H and O–H groups in total. The Morgan fingerprint density at radius 3 is 2.89 bits per heavy atom. The first-order chi connectivity index (χ1) is 18.4. The monoisotopic (exact) mass is 379 g/mol. The standard InChI is InChI=1S/C22H27N3O2/c1-5-24(6-2)22(27)16-10-18-17-8-7-9-19-21(17)15(13-25(19)14(3)26)11-20(18)23(4)12-16/h7-10,13,16,20H,5-6,11-12H2,1-4H3/t16-,20-/m1/s1/i1D3,2D3,4D3,5D2,6D2,13D. The Morgan fingerprint density at radius 2 is 2.19 bits per heavy atom. The average molecular weight is 380 g/mol. The van der Waals surface area contributed by atoms with Crippen molar-refractivity contribution >= 4 is 28.3 Å². The molecule has 0 radical (unpaired) electrons. The summed E-state index contributed by atoms with van der Waals surface area (Å²) in [7, 11) is 0. The number of likely N-dealkylation sites (N-methyl/N-ethyl adjacent to an activating group) is 1. The highest BCUT2D eigenvalue weighted by Gasteiger charge is 2.37. The van der Waals surface area contributed by atoms with Crippen LogP contribution in [0.3, 0.4) is 0 Å². The van der Waals surface area contributed by atoms with Gasteiger partial charge in [0.15, 0.2) is 0 Å². The number of benzene rings is 1. The van der Waals surface area contributed by atoms with Gasteiger partial charge < -0.3 is 4.90 Å². The summed E-state index contributed by atoms with van der Waals surface area (Å²) in [4.78, 5) is 26.7. The molecule has 2 heterocycles. The van der Waals surface area contributed by atoms with E-state index in [1.165, 1.54) is 17.6 Å². The van der Waals surface area contributed by atoms with Crippen molar-refractivity contribution in [2.24, 2.45) is 5.92 Å². The van der Waals surface area contributed by atoms with E-state index in [0.29, 0.717) is 22.0 Å². The molecule has 0 fully saturated rings. The summed E-state index contributed by atoms with van der Waals surface area (Å²) in [6.45, 7) is -17.2. The van der Waals surface area contributed by atoms with Crippen molar-refractivity contribution < 1.29 is 28.8 Å². The van der Waals surface area contributed by atoms with Crippen LogP contribution in [0.5, 0.6) is 0 Å². The van der Waals surface area contributed by atoms with E-state index in [9.17, 15) is 9.59 Å². The minimum atomic E-state index is -3.79. The lowest BCUT2D eigenvalue weighted by Gasteiger charge is -2.40. The van der Waals surface area contributed by atoms with E-state index < -0.39 is 68.9 Å². The van der Waals surface area contributed by atoms with Crippen molar-refractivity contribution in [2.45, 2.75) is 33.1 Å². The van der Waals surface area contributed by atoms with E-state index in [4.69, 9.17) is 19.2 Å². The molecule has 0 unspecified atom stereocenters. The summed E-state index contributed by atoms with van der Waals surface area (Å²) in [5, 5.41) is 0.473. The molecule has 2 atom stereocenters. The molecule has 4 rings (SSSR count). The van der Waals surface area contributed by atoms with Crippen LogP contribution in [0.1, 0.15) is 55.7 Å². The van der Waals surface area contributed by atoms with Crippen LogP contribution in [0, 0.1) is 5.92 Å². The summed E-state index contributed by atoms with van der Waals surface area (Å²) in [5.41, 5.74) is 1.43. The minimum absolute atomic E-state index is 0.0341. The topological polar surface area (TPSA) is 45.6 Å². The van der Waals surface area contributed by atoms with Crippen LogP contribution in [-0.2, 0) is 11.2 Å². The lowest BCUT2D eigenvalue weighted by molar-refractivity contribution is -0.134. The molecule has 1 aliphatic heterocycles. The number of carbonyl (C=O) groups excluding carboxylic acids is 2. The van der Waals surface area contributed by atoms with E-state index >= 15 is 0 Å². The van der Waals surface area contributed by atoms with Crippen LogP contribution in [0.15, 0.2) is 30.4 Å². The Kier molecular flexibility index (Phi) is 1.95. The van der Waals surface area contributed by atoms with Gasteiger partial charge in [-0.25, -0.2) is 0 Å². The number of hydrogen-bond donors (Lipinski definition) is 0. The van der Waals surface area contributed by atoms with Gasteiger partial charge in [-0.05, 0) is 49.9 Å². The van der Waals surface area contributed by atoms with Gasteiger partial charge in [-0.1, -0.05) is 18.2 Å². The Hall–Kier alpha value is -2.40. The van der Waals surface area contributed by atoms with Gasteiger partial charge >= 0.3 is 0 Å². The molecule has 0 bridgehead atoms. The summed E-state index contributed by atoms with van der Waals surface area (Å²) >= 11 is 0. The maximum Gasteiger partial charge on any atom is 0.230 e. The van der Waals surface area contributed by atoms with Crippen molar-refractivity contribution in [1.82, 2.24) is 14.4 Å². The first kappa shape index (κ1) is 7.92. The van der Waals surface area contributed by atoms with Crippen LogP contribution in [0.2, 0.25) is 0 Å². The lowest BCUT2D eigenvalue weighted by Crippen LogP contribution is -2.47. The van der Waals surface area contributed by atoms with Crippen molar-refractivity contribution in [1.29, 1.82) is 0 Å². The fourth-order valence-electron chi connectivity index (χ4n) is 3.96. The van der Waals surface area contributed by atoms with Gasteiger partial charge in [-0.3, -0.25) is 19.1 Å². The number of amides is 1. The first-order valence-electron chi connectivity index (χ1n) is 15.4. The molecule has 0 saturated carbocycles. The molecule has 142 valence electrons. The predicted molar refractivity (Wildman–Crippen MR) is 108 cm³/mol. The zero-order valence-electron chi connectivity index (χ0n) is 28.5. The van der Waals surface area contributed by atoms with E-state index in [2.05, 4.69) is 0 Å².